The van der Waals surface area contributed by atoms with Crippen molar-refractivity contribution < 1.29 is 17.7 Å². The first-order chi connectivity index (χ1) is 8.80. The van der Waals surface area contributed by atoms with Crippen LogP contribution in [0.5, 0.6) is 0 Å². The third kappa shape index (κ3) is 4.40. The summed E-state index contributed by atoms with van der Waals surface area (Å²) < 4.78 is 10.7. The van der Waals surface area contributed by atoms with Gasteiger partial charge in [-0.25, -0.2) is 0 Å². The molecule has 0 aromatic heterocycles. The SMILES string of the molecule is CC1=[C]([Zr]([CH3])([CH3])(=[SiH2])[NH]C(C)(C)C)C2=CC(Br)N(C)C2=C1.Cl.Cl. The number of fused-ring (bicyclic) bond motifs is 1. The molecule has 1 heterocycles. The molecule has 1 atom stereocenters. The molecule has 22 heavy (non-hydrogen) atoms. The van der Waals surface area contributed by atoms with Gasteiger partial charge in [0, 0.05) is 0 Å². The summed E-state index contributed by atoms with van der Waals surface area (Å²) in [6, 6.07) is 0. The molecule has 2 rings (SSSR count). The van der Waals surface area contributed by atoms with Crippen molar-refractivity contribution in [2.24, 2.45) is 0 Å². The van der Waals surface area contributed by atoms with Gasteiger partial charge in [-0.05, 0) is 0 Å². The van der Waals surface area contributed by atoms with Crippen LogP contribution in [-0.2, 0) is 17.7 Å². The molecule has 0 aromatic carbocycles. The molecular weight excluding hydrogens is 478 g/mol. The van der Waals surface area contributed by atoms with Gasteiger partial charge in [-0.15, -0.1) is 24.8 Å². The van der Waals surface area contributed by atoms with Gasteiger partial charge in [0.2, 0.25) is 0 Å². The summed E-state index contributed by atoms with van der Waals surface area (Å²) in [7, 11) is 2.16. The van der Waals surface area contributed by atoms with Crippen molar-refractivity contribution in [1.82, 2.24) is 8.16 Å². The second-order valence-electron chi connectivity index (χ2n) is 8.21. The first-order valence-corrected chi connectivity index (χ1v) is 21.4. The summed E-state index contributed by atoms with van der Waals surface area (Å²) in [4.78, 5) is 2.65. The number of rotatable bonds is 2. The van der Waals surface area contributed by atoms with Crippen molar-refractivity contribution in [2.75, 3.05) is 7.05 Å². The van der Waals surface area contributed by atoms with Crippen LogP contribution in [0, 0.1) is 0 Å². The minimum absolute atomic E-state index is 0. The molecule has 0 bridgehead atoms. The summed E-state index contributed by atoms with van der Waals surface area (Å²) in [5.74, 6) is 0. The van der Waals surface area contributed by atoms with Gasteiger partial charge >= 0.3 is 135 Å². The third-order valence-corrected chi connectivity index (χ3v) is 17.3. The zero-order valence-corrected chi connectivity index (χ0v) is 21.7. The fourth-order valence-electron chi connectivity index (χ4n) is 3.87. The van der Waals surface area contributed by atoms with E-state index in [4.69, 9.17) is 0 Å². The van der Waals surface area contributed by atoms with Gasteiger partial charge < -0.3 is 0 Å². The van der Waals surface area contributed by atoms with Crippen LogP contribution in [0.2, 0.25) is 9.26 Å². The van der Waals surface area contributed by atoms with E-state index in [1.54, 1.807) is 3.28 Å². The molecule has 0 spiro atoms. The zero-order chi connectivity index (χ0) is 15.5. The number of allylic oxidation sites excluding steroid dienone is 3. The van der Waals surface area contributed by atoms with Gasteiger partial charge in [0.1, 0.15) is 0 Å². The van der Waals surface area contributed by atoms with E-state index in [0.717, 1.165) is 0 Å². The Balaban J connectivity index is 0.00000220. The molecule has 7 heteroatoms. The first kappa shape index (κ1) is 23.1. The van der Waals surface area contributed by atoms with Gasteiger partial charge in [-0.3, -0.25) is 0 Å². The largest absolute Gasteiger partial charge is 0.147 e. The molecule has 0 radical (unpaired) electrons. The average Bonchev–Trinajstić information content (AvgIpc) is 2.60. The molecule has 2 nitrogen and oxygen atoms in total. The standard InChI is InChI=1S/C9H9BrN.C4H10N.2CH3.2ClH.H2Si.Zr/c1-6-3-7-5-9(10)11(2)8(7)4-6;1-4(2,3)5;;;;;;/h4-5,9H,1-2H3;5H,1-3H3;2*1H3;2*1H;1H2;/q;-1;;;;;;+1. The molecule has 0 saturated carbocycles. The van der Waals surface area contributed by atoms with Crippen LogP contribution in [0.1, 0.15) is 27.7 Å². The maximum absolute atomic E-state index is 4.04. The van der Waals surface area contributed by atoms with E-state index in [0.29, 0.717) is 4.95 Å². The molecule has 1 aliphatic carbocycles. The van der Waals surface area contributed by atoms with Crippen LogP contribution in [0.3, 0.4) is 0 Å². The van der Waals surface area contributed by atoms with Crippen LogP contribution in [0.25, 0.3) is 0 Å². The molecular formula is C15H29BrCl2N2SiZr. The predicted molar refractivity (Wildman–Crippen MR) is 107 cm³/mol. The Morgan fingerprint density at radius 3 is 2.23 bits per heavy atom. The second-order valence-corrected chi connectivity index (χ2v) is 36.7. The van der Waals surface area contributed by atoms with E-state index in [1.165, 1.54) is 16.8 Å². The third-order valence-electron chi connectivity index (χ3n) is 3.92. The fraction of sp³-hybridized carbons (Fsp3) is 0.600. The maximum atomic E-state index is 4.04. The van der Waals surface area contributed by atoms with Gasteiger partial charge in [0.05, 0.1) is 0 Å². The first-order valence-electron chi connectivity index (χ1n) is 7.20. The van der Waals surface area contributed by atoms with Crippen LogP contribution in [0.15, 0.2) is 32.3 Å². The fourth-order valence-corrected chi connectivity index (χ4v) is 22.4. The summed E-state index contributed by atoms with van der Waals surface area (Å²) in [5.41, 5.74) is 4.46. The number of hydrogen-bond donors (Lipinski definition) is 1. The molecule has 0 amide bonds. The molecule has 2 aliphatic rings. The van der Waals surface area contributed by atoms with Crippen molar-refractivity contribution in [3.63, 3.8) is 0 Å². The van der Waals surface area contributed by atoms with E-state index in [-0.39, 0.29) is 30.4 Å². The Morgan fingerprint density at radius 2 is 1.77 bits per heavy atom. The number of alkyl halides is 1. The van der Waals surface area contributed by atoms with Crippen LogP contribution in [0.4, 0.5) is 0 Å². The van der Waals surface area contributed by atoms with Crippen molar-refractivity contribution in [1.29, 1.82) is 0 Å². The minimum atomic E-state index is -3.11. The number of nitrogens with one attached hydrogen (secondary N) is 1. The summed E-state index contributed by atoms with van der Waals surface area (Å²) >= 11 is 0.636. The van der Waals surface area contributed by atoms with E-state index >= 15 is 0 Å². The summed E-state index contributed by atoms with van der Waals surface area (Å²) in [5, 5.41) is 0. The van der Waals surface area contributed by atoms with Gasteiger partial charge in [-0.2, -0.15) is 0 Å². The Kier molecular flexibility index (Phi) is 7.15. The monoisotopic (exact) mass is 504 g/mol. The molecule has 128 valence electrons. The normalized spacial score (nSPS) is 21.9. The Morgan fingerprint density at radius 1 is 1.27 bits per heavy atom. The van der Waals surface area contributed by atoms with Gasteiger partial charge in [0.25, 0.3) is 0 Å². The van der Waals surface area contributed by atoms with Crippen molar-refractivity contribution in [3.8, 4) is 0 Å². The van der Waals surface area contributed by atoms with Crippen LogP contribution >= 0.6 is 40.7 Å². The zero-order valence-electron chi connectivity index (χ0n) is 14.6. The molecule has 0 fully saturated rings. The van der Waals surface area contributed by atoms with E-state index in [9.17, 15) is 0 Å². The van der Waals surface area contributed by atoms with Crippen molar-refractivity contribution in [2.45, 2.75) is 47.4 Å². The van der Waals surface area contributed by atoms with E-state index in [1.807, 2.05) is 0 Å². The Bertz CT molecular complexity index is 626. The van der Waals surface area contributed by atoms with E-state index in [2.05, 4.69) is 87.1 Å². The molecule has 0 aromatic rings. The molecule has 1 aliphatic heterocycles. The molecule has 1 unspecified atom stereocenters. The number of nitrogens with zero attached hydrogens (tertiary/aromatic N) is 1. The topological polar surface area (TPSA) is 15.3 Å². The molecule has 0 saturated heterocycles. The van der Waals surface area contributed by atoms with Crippen LogP contribution < -0.4 is 3.26 Å². The molecule has 1 N–H and O–H groups in total. The van der Waals surface area contributed by atoms with Crippen LogP contribution in [-0.4, -0.2) is 29.3 Å². The maximum Gasteiger partial charge on any atom is -0.147 e. The Hall–Kier alpha value is 1.14. The Labute approximate surface area is 159 Å². The smallest absolute Gasteiger partial charge is 0.147 e. The van der Waals surface area contributed by atoms with Gasteiger partial charge in [0.15, 0.2) is 0 Å². The number of likely N-dealkylation sites (N-methyl/N-ethyl adjacent to an activating group) is 1. The van der Waals surface area contributed by atoms with Crippen molar-refractivity contribution >= 4 is 47.6 Å². The predicted octanol–water partition coefficient (Wildman–Crippen LogP) is 4.23. The summed E-state index contributed by atoms with van der Waals surface area (Å²) in [6.45, 7) is 11.4. The van der Waals surface area contributed by atoms with Gasteiger partial charge in [-0.1, -0.05) is 0 Å². The quantitative estimate of drug-likeness (QED) is 0.342. The average molecular weight is 508 g/mol. The number of hydrogen-bond acceptors (Lipinski definition) is 2. The summed E-state index contributed by atoms with van der Waals surface area (Å²) in [6.07, 6.45) is 4.73. The van der Waals surface area contributed by atoms with E-state index < -0.39 is 17.7 Å². The number of halogens is 3. The second kappa shape index (κ2) is 6.80. The minimum Gasteiger partial charge on any atom is -0.147 e. The van der Waals surface area contributed by atoms with Crippen molar-refractivity contribution in [3.05, 3.63) is 32.3 Å².